The van der Waals surface area contributed by atoms with Crippen LogP contribution in [0.25, 0.3) is 11.1 Å². The highest BCUT2D eigenvalue weighted by atomic mass is 15.2. The van der Waals surface area contributed by atoms with Crippen LogP contribution < -0.4 is 10.6 Å². The van der Waals surface area contributed by atoms with Crippen LogP contribution in [0, 0.1) is 20.8 Å². The Kier molecular flexibility index (Phi) is 2.98. The molecule has 0 aromatic carbocycles. The first-order valence-corrected chi connectivity index (χ1v) is 5.88. The Morgan fingerprint density at radius 2 is 1.83 bits per heavy atom. The lowest BCUT2D eigenvalue weighted by atomic mass is 9.99. The van der Waals surface area contributed by atoms with Crippen LogP contribution in [0.5, 0.6) is 0 Å². The smallest absolute Gasteiger partial charge is 0.153 e. The third-order valence-electron chi connectivity index (χ3n) is 3.07. The molecule has 0 saturated carbocycles. The summed E-state index contributed by atoms with van der Waals surface area (Å²) >= 11 is 0. The second kappa shape index (κ2) is 4.33. The van der Waals surface area contributed by atoms with Gasteiger partial charge in [-0.3, -0.25) is 5.10 Å². The largest absolute Gasteiger partial charge is 0.382 e. The van der Waals surface area contributed by atoms with Crippen molar-refractivity contribution in [3.63, 3.8) is 0 Å². The van der Waals surface area contributed by atoms with Gasteiger partial charge in [0.25, 0.3) is 0 Å². The molecule has 3 N–H and O–H groups in total. The number of nitrogens with two attached hydrogens (primary N) is 1. The van der Waals surface area contributed by atoms with Crippen LogP contribution >= 0.6 is 0 Å². The standard InChI is InChI=1S/C13H19N5/c1-7-6-10(18(4)5)15-8(2)11(7)12-9(3)16-17-13(12)14/h6H,1-5H3,(H3,14,16,17). The van der Waals surface area contributed by atoms with Crippen molar-refractivity contribution in [2.75, 3.05) is 24.7 Å². The molecule has 0 radical (unpaired) electrons. The molecule has 0 unspecified atom stereocenters. The number of nitrogens with zero attached hydrogens (tertiary/aromatic N) is 3. The number of rotatable bonds is 2. The van der Waals surface area contributed by atoms with Gasteiger partial charge in [-0.2, -0.15) is 5.10 Å². The summed E-state index contributed by atoms with van der Waals surface area (Å²) in [5, 5.41) is 6.96. The summed E-state index contributed by atoms with van der Waals surface area (Å²) in [5.41, 5.74) is 11.1. The number of aryl methyl sites for hydroxylation is 3. The van der Waals surface area contributed by atoms with E-state index in [2.05, 4.69) is 28.2 Å². The summed E-state index contributed by atoms with van der Waals surface area (Å²) in [6.45, 7) is 6.04. The van der Waals surface area contributed by atoms with E-state index in [9.17, 15) is 0 Å². The fourth-order valence-electron chi connectivity index (χ4n) is 2.18. The van der Waals surface area contributed by atoms with Crippen LogP contribution in [0.2, 0.25) is 0 Å². The van der Waals surface area contributed by atoms with Gasteiger partial charge in [0.05, 0.1) is 0 Å². The van der Waals surface area contributed by atoms with Crippen molar-refractivity contribution >= 4 is 11.6 Å². The average Bonchev–Trinajstić information content (AvgIpc) is 2.59. The number of nitrogens with one attached hydrogen (secondary N) is 1. The maximum absolute atomic E-state index is 5.93. The van der Waals surface area contributed by atoms with E-state index in [1.54, 1.807) is 0 Å². The first kappa shape index (κ1) is 12.4. The zero-order valence-corrected chi connectivity index (χ0v) is 11.5. The van der Waals surface area contributed by atoms with Gasteiger partial charge in [-0.1, -0.05) is 0 Å². The Morgan fingerprint density at radius 1 is 1.17 bits per heavy atom. The van der Waals surface area contributed by atoms with Gasteiger partial charge in [-0.15, -0.1) is 0 Å². The molecule has 2 rings (SSSR count). The molecule has 0 aliphatic carbocycles. The zero-order chi connectivity index (χ0) is 13.4. The molecule has 0 spiro atoms. The van der Waals surface area contributed by atoms with E-state index < -0.39 is 0 Å². The van der Waals surface area contributed by atoms with Crippen molar-refractivity contribution in [3.8, 4) is 11.1 Å². The molecule has 0 amide bonds. The zero-order valence-electron chi connectivity index (χ0n) is 11.5. The van der Waals surface area contributed by atoms with Gasteiger partial charge in [-0.05, 0) is 32.4 Å². The number of hydrogen-bond donors (Lipinski definition) is 2. The summed E-state index contributed by atoms with van der Waals surface area (Å²) in [6, 6.07) is 2.06. The number of pyridine rings is 1. The molecular weight excluding hydrogens is 226 g/mol. The van der Waals surface area contributed by atoms with Crippen LogP contribution in [0.3, 0.4) is 0 Å². The first-order valence-electron chi connectivity index (χ1n) is 5.88. The quantitative estimate of drug-likeness (QED) is 0.849. The Labute approximate surface area is 107 Å². The number of hydrogen-bond acceptors (Lipinski definition) is 4. The molecule has 0 atom stereocenters. The van der Waals surface area contributed by atoms with E-state index >= 15 is 0 Å². The highest BCUT2D eigenvalue weighted by molar-refractivity contribution is 5.80. The minimum Gasteiger partial charge on any atom is -0.382 e. The number of anilines is 2. The maximum Gasteiger partial charge on any atom is 0.153 e. The summed E-state index contributed by atoms with van der Waals surface area (Å²) in [4.78, 5) is 6.60. The monoisotopic (exact) mass is 245 g/mol. The highest BCUT2D eigenvalue weighted by Crippen LogP contribution is 2.33. The molecule has 0 bridgehead atoms. The Bertz CT molecular complexity index is 541. The molecule has 2 aromatic heterocycles. The summed E-state index contributed by atoms with van der Waals surface area (Å²) in [5.74, 6) is 1.48. The average molecular weight is 245 g/mol. The van der Waals surface area contributed by atoms with Crippen LogP contribution in [-0.2, 0) is 0 Å². The van der Waals surface area contributed by atoms with Crippen molar-refractivity contribution in [2.45, 2.75) is 20.8 Å². The molecule has 2 heterocycles. The molecule has 5 nitrogen and oxygen atoms in total. The van der Waals surface area contributed by atoms with Crippen molar-refractivity contribution in [1.29, 1.82) is 0 Å². The lowest BCUT2D eigenvalue weighted by molar-refractivity contribution is 1.04. The molecule has 0 fully saturated rings. The van der Waals surface area contributed by atoms with Crippen LogP contribution in [0.15, 0.2) is 6.07 Å². The molecular formula is C13H19N5. The van der Waals surface area contributed by atoms with Gasteiger partial charge < -0.3 is 10.6 Å². The number of H-pyrrole nitrogens is 1. The van der Waals surface area contributed by atoms with E-state index in [0.717, 1.165) is 33.9 Å². The number of aromatic amines is 1. The number of nitrogen functional groups attached to an aromatic ring is 1. The van der Waals surface area contributed by atoms with Crippen LogP contribution in [-0.4, -0.2) is 29.3 Å². The Hall–Kier alpha value is -2.04. The van der Waals surface area contributed by atoms with Crippen molar-refractivity contribution in [3.05, 3.63) is 23.0 Å². The van der Waals surface area contributed by atoms with E-state index in [4.69, 9.17) is 5.73 Å². The fourth-order valence-corrected chi connectivity index (χ4v) is 2.18. The molecule has 2 aromatic rings. The van der Waals surface area contributed by atoms with Gasteiger partial charge in [-0.25, -0.2) is 4.98 Å². The van der Waals surface area contributed by atoms with E-state index in [1.165, 1.54) is 0 Å². The van der Waals surface area contributed by atoms with Crippen molar-refractivity contribution < 1.29 is 0 Å². The van der Waals surface area contributed by atoms with Gasteiger partial charge in [0, 0.05) is 36.6 Å². The Morgan fingerprint density at radius 3 is 2.28 bits per heavy atom. The van der Waals surface area contributed by atoms with Crippen LogP contribution in [0.1, 0.15) is 17.0 Å². The normalized spacial score (nSPS) is 10.7. The minimum absolute atomic E-state index is 0.526. The predicted molar refractivity (Wildman–Crippen MR) is 74.8 cm³/mol. The van der Waals surface area contributed by atoms with Crippen molar-refractivity contribution in [1.82, 2.24) is 15.2 Å². The minimum atomic E-state index is 0.526. The third kappa shape index (κ3) is 1.92. The molecule has 0 saturated heterocycles. The maximum atomic E-state index is 5.93. The highest BCUT2D eigenvalue weighted by Gasteiger charge is 2.16. The molecule has 18 heavy (non-hydrogen) atoms. The fraction of sp³-hybridized carbons (Fsp3) is 0.385. The molecule has 0 aliphatic rings. The Balaban J connectivity index is 2.66. The van der Waals surface area contributed by atoms with Gasteiger partial charge in [0.1, 0.15) is 5.82 Å². The second-order valence-corrected chi connectivity index (χ2v) is 4.76. The van der Waals surface area contributed by atoms with Crippen molar-refractivity contribution in [2.24, 2.45) is 0 Å². The lowest BCUT2D eigenvalue weighted by Gasteiger charge is -2.16. The third-order valence-corrected chi connectivity index (χ3v) is 3.07. The van der Waals surface area contributed by atoms with E-state index in [1.807, 2.05) is 32.8 Å². The molecule has 5 heteroatoms. The van der Waals surface area contributed by atoms with Crippen LogP contribution in [0.4, 0.5) is 11.6 Å². The van der Waals surface area contributed by atoms with Gasteiger partial charge in [0.15, 0.2) is 5.82 Å². The molecule has 96 valence electrons. The summed E-state index contributed by atoms with van der Waals surface area (Å²) in [6.07, 6.45) is 0. The van der Waals surface area contributed by atoms with E-state index in [-0.39, 0.29) is 0 Å². The number of aromatic nitrogens is 3. The van der Waals surface area contributed by atoms with Gasteiger partial charge in [0.2, 0.25) is 0 Å². The molecule has 0 aliphatic heterocycles. The SMILES string of the molecule is Cc1cc(N(C)C)nc(C)c1-c1c(N)n[nH]c1C. The summed E-state index contributed by atoms with van der Waals surface area (Å²) < 4.78 is 0. The van der Waals surface area contributed by atoms with E-state index in [0.29, 0.717) is 5.82 Å². The predicted octanol–water partition coefficient (Wildman–Crippen LogP) is 2.05. The summed E-state index contributed by atoms with van der Waals surface area (Å²) in [7, 11) is 3.97. The first-order chi connectivity index (χ1) is 8.41. The topological polar surface area (TPSA) is 70.8 Å². The lowest BCUT2D eigenvalue weighted by Crippen LogP contribution is -2.12. The van der Waals surface area contributed by atoms with Gasteiger partial charge >= 0.3 is 0 Å². The second-order valence-electron chi connectivity index (χ2n) is 4.76.